The molecule has 0 heterocycles. The van der Waals surface area contributed by atoms with E-state index < -0.39 is 27.9 Å². The Morgan fingerprint density at radius 3 is 1.45 bits per heavy atom. The number of ether oxygens (including phenoxy) is 2. The van der Waals surface area contributed by atoms with Crippen LogP contribution in [-0.4, -0.2) is 30.0 Å². The van der Waals surface area contributed by atoms with Crippen LogP contribution in [-0.2, 0) is 18.1 Å². The van der Waals surface area contributed by atoms with Crippen LogP contribution in [0.4, 0.5) is 0 Å². The largest absolute Gasteiger partial charge is 0.492 e. The van der Waals surface area contributed by atoms with Gasteiger partial charge < -0.3 is 9.47 Å². The Balaban J connectivity index is 3.56. The van der Waals surface area contributed by atoms with Crippen LogP contribution in [0.15, 0.2) is 21.9 Å². The first-order valence-electron chi connectivity index (χ1n) is 6.44. The summed E-state index contributed by atoms with van der Waals surface area (Å²) in [7, 11) is 2.24. The van der Waals surface area contributed by atoms with Crippen LogP contribution in [0, 0.1) is 0 Å². The molecule has 0 aliphatic heterocycles. The van der Waals surface area contributed by atoms with Gasteiger partial charge in [0.15, 0.2) is 0 Å². The summed E-state index contributed by atoms with van der Waals surface area (Å²) in [6, 6.07) is 2.02. The predicted octanol–water partition coefficient (Wildman–Crippen LogP) is 3.12. The predicted molar refractivity (Wildman–Crippen MR) is 84.1 cm³/mol. The summed E-state index contributed by atoms with van der Waals surface area (Å²) in [5.74, 6) is -0.154. The minimum atomic E-state index is -4.22. The quantitative estimate of drug-likeness (QED) is 0.633. The molecule has 0 amide bonds. The topological polar surface area (TPSA) is 86.7 Å². The maximum Gasteiger partial charge on any atom is 0.265 e. The molecule has 1 rings (SSSR count). The molecule has 0 fully saturated rings. The van der Waals surface area contributed by atoms with Crippen LogP contribution in [0.5, 0.6) is 11.5 Å². The van der Waals surface area contributed by atoms with E-state index in [1.807, 2.05) is 13.8 Å². The smallest absolute Gasteiger partial charge is 0.265 e. The Kier molecular flexibility index (Phi) is 6.79. The fourth-order valence-electron chi connectivity index (χ4n) is 1.55. The van der Waals surface area contributed by atoms with Crippen molar-refractivity contribution in [1.29, 1.82) is 0 Å². The van der Waals surface area contributed by atoms with Crippen molar-refractivity contribution in [2.45, 2.75) is 36.5 Å². The molecule has 22 heavy (non-hydrogen) atoms. The zero-order valence-electron chi connectivity index (χ0n) is 12.0. The average molecular weight is 391 g/mol. The van der Waals surface area contributed by atoms with Crippen molar-refractivity contribution in [3.63, 3.8) is 0 Å². The van der Waals surface area contributed by atoms with Gasteiger partial charge in [0.25, 0.3) is 18.1 Å². The first-order valence-corrected chi connectivity index (χ1v) is 11.1. The molecule has 0 radical (unpaired) electrons. The second-order valence-electron chi connectivity index (χ2n) is 4.32. The molecule has 0 unspecified atom stereocenters. The van der Waals surface area contributed by atoms with E-state index in [1.54, 1.807) is 0 Å². The van der Waals surface area contributed by atoms with Gasteiger partial charge in [-0.05, 0) is 18.9 Å². The summed E-state index contributed by atoms with van der Waals surface area (Å²) in [5, 5.41) is 0. The van der Waals surface area contributed by atoms with Crippen LogP contribution >= 0.6 is 21.4 Å². The lowest BCUT2D eigenvalue weighted by Crippen LogP contribution is -2.07. The molecule has 0 saturated carbocycles. The Bertz CT molecular complexity index is 669. The van der Waals surface area contributed by atoms with Crippen LogP contribution < -0.4 is 9.47 Å². The van der Waals surface area contributed by atoms with E-state index in [9.17, 15) is 16.8 Å². The SMILES string of the molecule is CCCOc1cc(OCCC)c(S(=O)(=O)Cl)cc1S(=O)(=O)Cl. The van der Waals surface area contributed by atoms with Crippen molar-refractivity contribution in [2.75, 3.05) is 13.2 Å². The number of rotatable bonds is 8. The summed E-state index contributed by atoms with van der Waals surface area (Å²) in [6.07, 6.45) is 1.25. The Morgan fingerprint density at radius 2 is 1.18 bits per heavy atom. The van der Waals surface area contributed by atoms with Crippen molar-refractivity contribution >= 4 is 39.5 Å². The maximum absolute atomic E-state index is 11.6. The van der Waals surface area contributed by atoms with Gasteiger partial charge in [-0.1, -0.05) is 13.8 Å². The van der Waals surface area contributed by atoms with Gasteiger partial charge in [0, 0.05) is 27.4 Å². The van der Waals surface area contributed by atoms with E-state index in [0.717, 1.165) is 6.07 Å². The fraction of sp³-hybridized carbons (Fsp3) is 0.500. The molecule has 0 N–H and O–H groups in total. The van der Waals surface area contributed by atoms with Gasteiger partial charge in [-0.3, -0.25) is 0 Å². The molecule has 1 aromatic carbocycles. The van der Waals surface area contributed by atoms with E-state index in [1.165, 1.54) is 6.07 Å². The highest BCUT2D eigenvalue weighted by Gasteiger charge is 2.26. The third-order valence-corrected chi connectivity index (χ3v) is 5.15. The number of benzene rings is 1. The lowest BCUT2D eigenvalue weighted by Gasteiger charge is -2.14. The summed E-state index contributed by atoms with van der Waals surface area (Å²) in [5.41, 5.74) is 0. The molecular formula is C12H16Cl2O6S2. The van der Waals surface area contributed by atoms with Gasteiger partial charge in [-0.25, -0.2) is 16.8 Å². The van der Waals surface area contributed by atoms with Gasteiger partial charge >= 0.3 is 0 Å². The summed E-state index contributed by atoms with van der Waals surface area (Å²) >= 11 is 0. The van der Waals surface area contributed by atoms with E-state index in [0.29, 0.717) is 12.8 Å². The molecule has 0 aliphatic rings. The Hall–Kier alpha value is -0.700. The normalized spacial score (nSPS) is 12.2. The first-order chi connectivity index (χ1) is 10.1. The highest BCUT2D eigenvalue weighted by atomic mass is 35.7. The molecule has 6 nitrogen and oxygen atoms in total. The zero-order chi connectivity index (χ0) is 17.0. The summed E-state index contributed by atoms with van der Waals surface area (Å²) in [6.45, 7) is 4.14. The molecule has 10 heteroatoms. The maximum atomic E-state index is 11.6. The first kappa shape index (κ1) is 19.3. The van der Waals surface area contributed by atoms with Gasteiger partial charge in [0.2, 0.25) is 0 Å². The third kappa shape index (κ3) is 5.19. The van der Waals surface area contributed by atoms with Gasteiger partial charge in [0.05, 0.1) is 13.2 Å². The molecule has 1 aromatic rings. The second kappa shape index (κ2) is 7.72. The second-order valence-corrected chi connectivity index (χ2v) is 9.39. The molecule has 0 aliphatic carbocycles. The summed E-state index contributed by atoms with van der Waals surface area (Å²) < 4.78 is 57.2. The minimum absolute atomic E-state index is 0.0768. The Morgan fingerprint density at radius 1 is 0.818 bits per heavy atom. The molecule has 0 aromatic heterocycles. The number of hydrogen-bond acceptors (Lipinski definition) is 6. The van der Waals surface area contributed by atoms with Crippen molar-refractivity contribution in [3.8, 4) is 11.5 Å². The lowest BCUT2D eigenvalue weighted by atomic mass is 10.3. The molecule has 126 valence electrons. The average Bonchev–Trinajstić information content (AvgIpc) is 2.39. The van der Waals surface area contributed by atoms with E-state index in [-0.39, 0.29) is 24.7 Å². The van der Waals surface area contributed by atoms with E-state index in [4.69, 9.17) is 30.8 Å². The Labute approximate surface area is 139 Å². The number of hydrogen-bond donors (Lipinski definition) is 0. The van der Waals surface area contributed by atoms with Crippen molar-refractivity contribution in [1.82, 2.24) is 0 Å². The van der Waals surface area contributed by atoms with E-state index >= 15 is 0 Å². The molecule has 0 saturated heterocycles. The summed E-state index contributed by atoms with van der Waals surface area (Å²) in [4.78, 5) is -0.934. The van der Waals surface area contributed by atoms with Crippen LogP contribution in [0.2, 0.25) is 0 Å². The van der Waals surface area contributed by atoms with E-state index in [2.05, 4.69) is 0 Å². The highest BCUT2D eigenvalue weighted by Crippen LogP contribution is 2.38. The number of halogens is 2. The fourth-order valence-corrected chi connectivity index (χ4v) is 3.59. The van der Waals surface area contributed by atoms with Crippen molar-refractivity contribution in [3.05, 3.63) is 12.1 Å². The zero-order valence-corrected chi connectivity index (χ0v) is 15.1. The monoisotopic (exact) mass is 390 g/mol. The van der Waals surface area contributed by atoms with Gasteiger partial charge in [-0.2, -0.15) is 0 Å². The minimum Gasteiger partial charge on any atom is -0.492 e. The van der Waals surface area contributed by atoms with Gasteiger partial charge in [0.1, 0.15) is 21.3 Å². The highest BCUT2D eigenvalue weighted by molar-refractivity contribution is 8.14. The third-order valence-electron chi connectivity index (χ3n) is 2.46. The molecule has 0 spiro atoms. The standard InChI is InChI=1S/C12H16Cl2O6S2/c1-3-5-19-9-7-10(20-6-4-2)12(22(14,17)18)8-11(9)21(13,15)16/h7-8H,3-6H2,1-2H3. The lowest BCUT2D eigenvalue weighted by molar-refractivity contribution is 0.291. The van der Waals surface area contributed by atoms with Crippen LogP contribution in [0.3, 0.4) is 0 Å². The molecular weight excluding hydrogens is 375 g/mol. The van der Waals surface area contributed by atoms with Gasteiger partial charge in [-0.15, -0.1) is 0 Å². The van der Waals surface area contributed by atoms with Crippen LogP contribution in [0.25, 0.3) is 0 Å². The van der Waals surface area contributed by atoms with Crippen molar-refractivity contribution in [2.24, 2.45) is 0 Å². The van der Waals surface area contributed by atoms with Crippen molar-refractivity contribution < 1.29 is 26.3 Å². The van der Waals surface area contributed by atoms with Crippen LogP contribution in [0.1, 0.15) is 26.7 Å². The molecule has 0 atom stereocenters. The molecule has 0 bridgehead atoms.